The first-order valence-electron chi connectivity index (χ1n) is 10.4. The molecule has 0 spiro atoms. The molecule has 4 aromatic rings. The lowest BCUT2D eigenvalue weighted by molar-refractivity contribution is 0.311. The van der Waals surface area contributed by atoms with Crippen LogP contribution >= 0.6 is 34.4 Å². The van der Waals surface area contributed by atoms with E-state index in [9.17, 15) is 0 Å². The highest BCUT2D eigenvalue weighted by Crippen LogP contribution is 2.34. The third-order valence-corrected chi connectivity index (χ3v) is 8.00. The molecule has 0 amide bonds. The number of aromatic nitrogens is 4. The highest BCUT2D eigenvalue weighted by atomic mass is 32.2. The van der Waals surface area contributed by atoms with Gasteiger partial charge in [0.25, 0.3) is 0 Å². The number of thiophene rings is 1. The SMILES string of the molecule is COc1ccc(Sc2nc(Nc3ncc(-c4cccs4)s3)nc(N3CCN(C)CC3)n2)cc1. The van der Waals surface area contributed by atoms with Gasteiger partial charge >= 0.3 is 0 Å². The first-order valence-corrected chi connectivity index (χ1v) is 13.0. The highest BCUT2D eigenvalue weighted by molar-refractivity contribution is 7.99. The first kappa shape index (κ1) is 22.1. The first-order chi connectivity index (χ1) is 16.2. The Labute approximate surface area is 204 Å². The van der Waals surface area contributed by atoms with Gasteiger partial charge in [0.05, 0.1) is 12.0 Å². The van der Waals surface area contributed by atoms with Gasteiger partial charge < -0.3 is 14.5 Å². The maximum absolute atomic E-state index is 5.26. The van der Waals surface area contributed by atoms with Gasteiger partial charge in [0, 0.05) is 42.1 Å². The van der Waals surface area contributed by atoms with Crippen LogP contribution in [0.15, 0.2) is 58.0 Å². The average molecular weight is 498 g/mol. The van der Waals surface area contributed by atoms with Gasteiger partial charge in [-0.2, -0.15) is 15.0 Å². The smallest absolute Gasteiger partial charge is 0.234 e. The second-order valence-electron chi connectivity index (χ2n) is 7.44. The minimum atomic E-state index is 0.502. The number of methoxy groups -OCH3 is 1. The number of anilines is 3. The van der Waals surface area contributed by atoms with Crippen LogP contribution in [0.4, 0.5) is 17.0 Å². The summed E-state index contributed by atoms with van der Waals surface area (Å²) in [6, 6.07) is 12.0. The van der Waals surface area contributed by atoms with Crippen LogP contribution in [0.2, 0.25) is 0 Å². The normalized spacial score (nSPS) is 14.4. The zero-order chi connectivity index (χ0) is 22.6. The fraction of sp³-hybridized carbons (Fsp3) is 0.273. The summed E-state index contributed by atoms with van der Waals surface area (Å²) >= 11 is 4.79. The topological polar surface area (TPSA) is 79.3 Å². The zero-order valence-electron chi connectivity index (χ0n) is 18.3. The molecule has 1 aliphatic rings. The molecule has 1 aromatic carbocycles. The number of piperazine rings is 1. The second kappa shape index (κ2) is 10.0. The minimum Gasteiger partial charge on any atom is -0.497 e. The quantitative estimate of drug-likeness (QED) is 0.390. The summed E-state index contributed by atoms with van der Waals surface area (Å²) in [4.78, 5) is 26.6. The Morgan fingerprint density at radius 3 is 2.55 bits per heavy atom. The fourth-order valence-corrected chi connectivity index (χ4v) is 5.68. The van der Waals surface area contributed by atoms with Gasteiger partial charge in [0.1, 0.15) is 5.75 Å². The number of rotatable bonds is 7. The fourth-order valence-electron chi connectivity index (χ4n) is 3.30. The van der Waals surface area contributed by atoms with Crippen LogP contribution in [0.1, 0.15) is 0 Å². The minimum absolute atomic E-state index is 0.502. The summed E-state index contributed by atoms with van der Waals surface area (Å²) in [5, 5.41) is 6.77. The molecule has 0 aliphatic carbocycles. The van der Waals surface area contributed by atoms with Crippen LogP contribution < -0.4 is 15.0 Å². The second-order valence-corrected chi connectivity index (χ2v) is 10.5. The molecule has 1 N–H and O–H groups in total. The average Bonchev–Trinajstić information content (AvgIpc) is 3.52. The van der Waals surface area contributed by atoms with Crippen molar-refractivity contribution in [1.82, 2.24) is 24.8 Å². The number of benzene rings is 1. The molecule has 0 unspecified atom stereocenters. The van der Waals surface area contributed by atoms with Crippen molar-refractivity contribution in [2.45, 2.75) is 10.1 Å². The Hall–Kier alpha value is -2.73. The van der Waals surface area contributed by atoms with Gasteiger partial charge in [0.15, 0.2) is 10.3 Å². The van der Waals surface area contributed by atoms with Gasteiger partial charge in [-0.15, -0.1) is 11.3 Å². The summed E-state index contributed by atoms with van der Waals surface area (Å²) < 4.78 is 5.26. The molecule has 33 heavy (non-hydrogen) atoms. The third kappa shape index (κ3) is 5.44. The van der Waals surface area contributed by atoms with Crippen LogP contribution in [0, 0.1) is 0 Å². The van der Waals surface area contributed by atoms with Gasteiger partial charge in [0.2, 0.25) is 11.9 Å². The molecular formula is C22H23N7OS3. The predicted octanol–water partition coefficient (Wildman–Crippen LogP) is 4.71. The van der Waals surface area contributed by atoms with Crippen molar-refractivity contribution >= 4 is 51.5 Å². The Morgan fingerprint density at radius 2 is 1.82 bits per heavy atom. The molecule has 170 valence electrons. The standard InChI is InChI=1S/C22H23N7OS3/c1-28-9-11-29(12-10-28)20-24-19(25-21-23-14-18(33-21)17-4-3-13-31-17)26-22(27-20)32-16-7-5-15(30-2)6-8-16/h3-8,13-14H,9-12H2,1-2H3,(H,23,24,25,26,27). The number of hydrogen-bond acceptors (Lipinski definition) is 11. The Balaban J connectivity index is 1.41. The summed E-state index contributed by atoms with van der Waals surface area (Å²) in [7, 11) is 3.80. The molecule has 1 aliphatic heterocycles. The molecule has 5 rings (SSSR count). The van der Waals surface area contributed by atoms with E-state index in [1.54, 1.807) is 29.8 Å². The summed E-state index contributed by atoms with van der Waals surface area (Å²) in [5.41, 5.74) is 0. The van der Waals surface area contributed by atoms with E-state index < -0.39 is 0 Å². The molecule has 0 atom stereocenters. The molecule has 1 fully saturated rings. The van der Waals surface area contributed by atoms with Crippen LogP contribution in [0.5, 0.6) is 5.75 Å². The number of thiazole rings is 1. The van der Waals surface area contributed by atoms with E-state index in [4.69, 9.17) is 14.7 Å². The lowest BCUT2D eigenvalue weighted by atomic mass is 10.3. The molecule has 1 saturated heterocycles. The van der Waals surface area contributed by atoms with Crippen molar-refractivity contribution in [3.63, 3.8) is 0 Å². The zero-order valence-corrected chi connectivity index (χ0v) is 20.7. The number of nitrogens with one attached hydrogen (secondary N) is 1. The van der Waals surface area contributed by atoms with Gasteiger partial charge in [-0.1, -0.05) is 17.4 Å². The van der Waals surface area contributed by atoms with Crippen molar-refractivity contribution in [1.29, 1.82) is 0 Å². The maximum Gasteiger partial charge on any atom is 0.234 e. The summed E-state index contributed by atoms with van der Waals surface area (Å²) in [6.45, 7) is 3.72. The van der Waals surface area contributed by atoms with Crippen LogP contribution in [-0.4, -0.2) is 65.2 Å². The Morgan fingerprint density at radius 1 is 1.00 bits per heavy atom. The monoisotopic (exact) mass is 497 g/mol. The molecular weight excluding hydrogens is 474 g/mol. The summed E-state index contributed by atoms with van der Waals surface area (Å²) in [6.07, 6.45) is 1.88. The van der Waals surface area contributed by atoms with Crippen molar-refractivity contribution in [3.05, 3.63) is 48.0 Å². The molecule has 0 bridgehead atoms. The maximum atomic E-state index is 5.26. The van der Waals surface area contributed by atoms with E-state index in [0.29, 0.717) is 17.1 Å². The van der Waals surface area contributed by atoms with E-state index in [2.05, 4.69) is 43.6 Å². The van der Waals surface area contributed by atoms with Gasteiger partial charge in [-0.05, 0) is 54.5 Å². The van der Waals surface area contributed by atoms with E-state index >= 15 is 0 Å². The summed E-state index contributed by atoms with van der Waals surface area (Å²) in [5.74, 6) is 2.01. The molecule has 0 saturated carbocycles. The number of hydrogen-bond donors (Lipinski definition) is 1. The number of nitrogens with zero attached hydrogens (tertiary/aromatic N) is 6. The van der Waals surface area contributed by atoms with Crippen LogP contribution in [-0.2, 0) is 0 Å². The Bertz CT molecular complexity index is 1190. The van der Waals surface area contributed by atoms with Crippen LogP contribution in [0.25, 0.3) is 9.75 Å². The predicted molar refractivity (Wildman–Crippen MR) is 135 cm³/mol. The third-order valence-electron chi connectivity index (χ3n) is 5.15. The van der Waals surface area contributed by atoms with Crippen molar-refractivity contribution in [2.24, 2.45) is 0 Å². The van der Waals surface area contributed by atoms with E-state index in [-0.39, 0.29) is 0 Å². The van der Waals surface area contributed by atoms with E-state index in [0.717, 1.165) is 46.8 Å². The molecule has 0 radical (unpaired) electrons. The molecule has 8 nitrogen and oxygen atoms in total. The van der Waals surface area contributed by atoms with E-state index in [1.165, 1.54) is 16.6 Å². The number of likely N-dealkylation sites (N-methyl/N-ethyl adjacent to an activating group) is 1. The molecule has 11 heteroatoms. The van der Waals surface area contributed by atoms with Crippen molar-refractivity contribution in [3.8, 4) is 15.5 Å². The molecule has 4 heterocycles. The lowest BCUT2D eigenvalue weighted by Crippen LogP contribution is -2.45. The van der Waals surface area contributed by atoms with Crippen LogP contribution in [0.3, 0.4) is 0 Å². The largest absolute Gasteiger partial charge is 0.497 e. The molecule has 3 aromatic heterocycles. The van der Waals surface area contributed by atoms with Crippen molar-refractivity contribution < 1.29 is 4.74 Å². The van der Waals surface area contributed by atoms with E-state index in [1.807, 2.05) is 36.5 Å². The van der Waals surface area contributed by atoms with Crippen molar-refractivity contribution in [2.75, 3.05) is 50.6 Å². The van der Waals surface area contributed by atoms with Gasteiger partial charge in [-0.3, -0.25) is 5.32 Å². The highest BCUT2D eigenvalue weighted by Gasteiger charge is 2.19. The Kier molecular flexibility index (Phi) is 6.72. The number of ether oxygens (including phenoxy) is 1. The van der Waals surface area contributed by atoms with Gasteiger partial charge in [-0.25, -0.2) is 4.98 Å². The lowest BCUT2D eigenvalue weighted by Gasteiger charge is -2.32.